The van der Waals surface area contributed by atoms with Gasteiger partial charge in [-0.15, -0.1) is 45.3 Å². The number of Topliss-reactive ketones (excluding diaryl/α,β-unsaturated/α-hetero) is 3. The number of carbonyl (C=O) groups excluding carboxylic acids is 7. The summed E-state index contributed by atoms with van der Waals surface area (Å²) in [5.41, 5.74) is 9.36. The lowest BCUT2D eigenvalue weighted by atomic mass is 9.80. The number of imidazole rings is 2. The molecule has 6 aromatic heterocycles. The van der Waals surface area contributed by atoms with Crippen molar-refractivity contribution in [2.24, 2.45) is 5.73 Å². The van der Waals surface area contributed by atoms with Crippen molar-refractivity contribution in [3.05, 3.63) is 217 Å². The molecule has 1 fully saturated rings. The van der Waals surface area contributed by atoms with Crippen molar-refractivity contribution in [2.75, 3.05) is 10.2 Å². The van der Waals surface area contributed by atoms with Gasteiger partial charge in [0.25, 0.3) is 5.91 Å². The van der Waals surface area contributed by atoms with Crippen LogP contribution in [0.5, 0.6) is 0 Å². The number of thiazole rings is 4. The van der Waals surface area contributed by atoms with Gasteiger partial charge in [0.1, 0.15) is 21.1 Å². The molecule has 1 aliphatic heterocycles. The number of carbonyl (C=O) groups is 7. The predicted molar refractivity (Wildman–Crippen MR) is 363 cm³/mol. The number of primary amides is 1. The maximum atomic E-state index is 12.8. The van der Waals surface area contributed by atoms with Gasteiger partial charge in [-0.25, -0.2) is 39.5 Å². The smallest absolute Gasteiger partial charge is 0.423 e. The van der Waals surface area contributed by atoms with Gasteiger partial charge in [0.15, 0.2) is 44.5 Å². The molecule has 1 unspecified atom stereocenters. The number of halogens is 13. The largest absolute Gasteiger partial charge is 0.488 e. The second-order valence-corrected chi connectivity index (χ2v) is 25.5. The molecule has 0 aliphatic carbocycles. The third kappa shape index (κ3) is 21.2. The second-order valence-electron chi connectivity index (χ2n) is 20.8. The summed E-state index contributed by atoms with van der Waals surface area (Å²) in [6.45, 7) is 2.89. The highest BCUT2D eigenvalue weighted by atomic mass is 79.9. The van der Waals surface area contributed by atoms with Crippen LogP contribution in [0, 0.1) is 0 Å². The summed E-state index contributed by atoms with van der Waals surface area (Å²) in [7, 11) is -1.47. The lowest BCUT2D eigenvalue weighted by molar-refractivity contribution is -0.141. The molecule has 0 radical (unpaired) electrons. The van der Waals surface area contributed by atoms with Crippen molar-refractivity contribution in [1.29, 1.82) is 0 Å². The number of ketones is 3. The lowest BCUT2D eigenvalue weighted by Gasteiger charge is -2.22. The highest BCUT2D eigenvalue weighted by molar-refractivity contribution is 9.11. The number of hydrogen-bond donors (Lipinski definition) is 7. The number of imide groups is 1. The van der Waals surface area contributed by atoms with Crippen LogP contribution in [0.3, 0.4) is 0 Å². The minimum Gasteiger partial charge on any atom is -0.423 e. The first-order chi connectivity index (χ1) is 48.5. The Balaban J connectivity index is 0.000000164. The van der Waals surface area contributed by atoms with Gasteiger partial charge in [-0.2, -0.15) is 52.7 Å². The van der Waals surface area contributed by atoms with E-state index < -0.39 is 84.4 Å². The van der Waals surface area contributed by atoms with E-state index >= 15 is 0 Å². The van der Waals surface area contributed by atoms with E-state index in [1.165, 1.54) is 61.5 Å². The van der Waals surface area contributed by atoms with Crippen molar-refractivity contribution in [3.8, 4) is 31.7 Å². The number of benzene rings is 6. The van der Waals surface area contributed by atoms with Gasteiger partial charge in [-0.1, -0.05) is 97.1 Å². The normalized spacial score (nSPS) is 12.7. The van der Waals surface area contributed by atoms with Gasteiger partial charge in [0.2, 0.25) is 5.78 Å². The number of rotatable bonds is 11. The molecule has 1 saturated heterocycles. The summed E-state index contributed by atoms with van der Waals surface area (Å²) >= 11 is 6.42. The highest BCUT2D eigenvalue weighted by Crippen LogP contribution is 2.39. The number of amides is 5. The average molecular weight is 1570 g/mol. The Kier molecular flexibility index (Phi) is 25.3. The van der Waals surface area contributed by atoms with Crippen molar-refractivity contribution < 1.29 is 96.3 Å². The Morgan fingerprint density at radius 1 is 0.553 bits per heavy atom. The van der Waals surface area contributed by atoms with Gasteiger partial charge < -0.3 is 31.1 Å². The third-order valence-electron chi connectivity index (χ3n) is 13.6. The van der Waals surface area contributed by atoms with Crippen molar-refractivity contribution >= 4 is 149 Å². The molecule has 6 aromatic carbocycles. The number of alkyl halides is 12. The van der Waals surface area contributed by atoms with Crippen molar-refractivity contribution in [2.45, 2.75) is 44.6 Å². The number of nitrogens with one attached hydrogen (secondary N) is 4. The molecule has 8 N–H and O–H groups in total. The molecule has 103 heavy (non-hydrogen) atoms. The lowest BCUT2D eigenvalue weighted by Crippen LogP contribution is -2.29. The van der Waals surface area contributed by atoms with Gasteiger partial charge in [0, 0.05) is 66.3 Å². The Labute approximate surface area is 595 Å². The number of aromatic nitrogens is 8. The number of nitrogens with zero attached hydrogens (tertiary/aromatic N) is 7. The van der Waals surface area contributed by atoms with Crippen LogP contribution in [-0.2, 0) is 34.3 Å². The fourth-order valence-electron chi connectivity index (χ4n) is 8.65. The zero-order valence-corrected chi connectivity index (χ0v) is 56.8. The minimum absolute atomic E-state index is 0.0334. The van der Waals surface area contributed by atoms with E-state index in [9.17, 15) is 86.2 Å². The molecule has 1 atom stereocenters. The monoisotopic (exact) mass is 1570 g/mol. The van der Waals surface area contributed by atoms with Crippen LogP contribution < -0.4 is 26.7 Å². The van der Waals surface area contributed by atoms with Crippen molar-refractivity contribution in [3.63, 3.8) is 0 Å². The van der Waals surface area contributed by atoms with E-state index in [1.807, 2.05) is 0 Å². The molecular formula is C64H44BBrF12N12O9S4. The number of fused-ring (bicyclic) bond motifs is 2. The second kappa shape index (κ2) is 33.4. The van der Waals surface area contributed by atoms with Gasteiger partial charge in [-0.3, -0.25) is 34.2 Å². The summed E-state index contributed by atoms with van der Waals surface area (Å²) in [6.07, 6.45) is -14.4. The predicted octanol–water partition coefficient (Wildman–Crippen LogP) is 15.3. The summed E-state index contributed by atoms with van der Waals surface area (Å²) in [4.78, 5) is 108. The molecule has 0 spiro atoms. The van der Waals surface area contributed by atoms with Gasteiger partial charge in [0.05, 0.1) is 34.7 Å². The number of anilines is 2. The first-order valence-electron chi connectivity index (χ1n) is 28.6. The molecular weight excluding hydrogens is 1530 g/mol. The number of nitrogens with two attached hydrogens (primary N) is 1. The minimum atomic E-state index is -4.51. The van der Waals surface area contributed by atoms with Gasteiger partial charge in [-0.05, 0) is 77.2 Å². The first-order valence-corrected chi connectivity index (χ1v) is 32.9. The van der Waals surface area contributed by atoms with E-state index in [0.29, 0.717) is 55.7 Å². The standard InChI is InChI=1S/C20H12F3N5O2S.C12H6F3NO2S.C12H8F3NOS.C8H9BO3.C8H8N4O.C4HBrF3NS/c21-20(22,23)15-8-31-18(26-15)11-3-1-10(2-4-11)16-17(29)27-19(30)28(16)12-5-6-13-14(7-12)25-9-24-13;13-12(14,15)10-6-19-11(16-10)8-3-1-7(2-4-8)9(18)5-17;1-7(17)8-2-4-9(5-3-8)11-16-10(6-18-11)12(13,14)15;1-6(10)7-2-4-8(5-3-7)9(11)12;9-8(13)12-5-1-2-6-7(3-5)11-4-10-6;5-3-9-2(1-10-3)4(6,7)8/h1-9,16H,(H,24,25)(H,27,29,30);1-6H;2-6H,1H3;2-5,11-12H,1H3;1-4H,(H,10,11)(H3,9,12,13);1H. The maximum absolute atomic E-state index is 12.8. The zero-order valence-electron chi connectivity index (χ0n) is 51.9. The number of H-pyrrole nitrogens is 2. The number of aldehydes is 1. The van der Waals surface area contributed by atoms with Crippen LogP contribution in [-0.4, -0.2) is 98.6 Å². The van der Waals surface area contributed by atoms with E-state index in [-0.39, 0.29) is 42.4 Å². The quantitative estimate of drug-likeness (QED) is 0.0158. The molecule has 0 bridgehead atoms. The van der Waals surface area contributed by atoms with Crippen LogP contribution in [0.25, 0.3) is 53.8 Å². The maximum Gasteiger partial charge on any atom is 0.488 e. The SMILES string of the molecule is CC(=O)c1ccc(-c2nc(C(F)(F)F)cs2)cc1.CC(=O)c1ccc(B(O)O)cc1.FC(F)(F)c1csc(Br)n1.NC(=O)Nc1ccc2nc[nH]c2c1.O=C1NC(=O)N(c2ccc3nc[nH]c3c2)C1c1ccc(-c2nc(C(F)(F)F)cs2)cc1.O=CC(=O)c1ccc(-c2nc(C(F)(F)F)cs2)cc1. The molecule has 39 heteroatoms. The molecule has 0 saturated carbocycles. The fourth-order valence-corrected chi connectivity index (χ4v) is 12.2. The highest BCUT2D eigenvalue weighted by Gasteiger charge is 2.41. The Hall–Kier alpha value is -10.7. The molecule has 532 valence electrons. The van der Waals surface area contributed by atoms with Gasteiger partial charge >= 0.3 is 43.9 Å². The Bertz CT molecular complexity index is 4990. The van der Waals surface area contributed by atoms with E-state index in [2.05, 4.69) is 66.4 Å². The molecule has 5 amide bonds. The number of aromatic amines is 2. The summed E-state index contributed by atoms with van der Waals surface area (Å²) in [5, 5.41) is 26.8. The van der Waals surface area contributed by atoms with Crippen LogP contribution in [0.15, 0.2) is 172 Å². The summed E-state index contributed by atoms with van der Waals surface area (Å²) in [5.74, 6) is -1.29. The van der Waals surface area contributed by atoms with E-state index in [4.69, 9.17) is 15.8 Å². The van der Waals surface area contributed by atoms with Crippen molar-refractivity contribution in [1.82, 2.24) is 45.2 Å². The number of hydrogen-bond acceptors (Lipinski definition) is 19. The third-order valence-corrected chi connectivity index (χ3v) is 17.7. The molecule has 13 rings (SSSR count). The van der Waals surface area contributed by atoms with Crippen LogP contribution >= 0.6 is 61.3 Å². The van der Waals surface area contributed by atoms with Crippen LogP contribution in [0.2, 0.25) is 0 Å². The van der Waals surface area contributed by atoms with Crippen LogP contribution in [0.1, 0.15) is 79.3 Å². The number of urea groups is 2. The fraction of sp³-hybridized carbons (Fsp3) is 0.109. The summed E-state index contributed by atoms with van der Waals surface area (Å²) in [6, 6.07) is 33.0. The average Bonchev–Trinajstić information content (AvgIpc) is 1.63. The van der Waals surface area contributed by atoms with E-state index in [0.717, 1.165) is 83.4 Å². The Morgan fingerprint density at radius 3 is 1.33 bits per heavy atom. The van der Waals surface area contributed by atoms with E-state index in [1.54, 1.807) is 103 Å². The topological polar surface area (TPSA) is 322 Å². The molecule has 21 nitrogen and oxygen atoms in total. The first kappa shape index (κ1) is 78.0. The summed E-state index contributed by atoms with van der Waals surface area (Å²) < 4.78 is 148. The molecule has 12 aromatic rings. The van der Waals surface area contributed by atoms with Crippen LogP contribution in [0.4, 0.5) is 73.6 Å². The zero-order chi connectivity index (χ0) is 75.3. The molecule has 7 heterocycles. The Morgan fingerprint density at radius 2 is 0.951 bits per heavy atom. The molecule has 1 aliphatic rings.